The first-order valence-electron chi connectivity index (χ1n) is 5.99. The first kappa shape index (κ1) is 11.7. The number of aromatic nitrogens is 2. The van der Waals surface area contributed by atoms with Crippen LogP contribution in [0.15, 0.2) is 22.7 Å². The molecule has 18 heavy (non-hydrogen) atoms. The summed E-state index contributed by atoms with van der Waals surface area (Å²) in [5, 5.41) is 0. The number of imidazole rings is 1. The maximum atomic E-state index is 12.0. The van der Waals surface area contributed by atoms with Gasteiger partial charge in [-0.3, -0.25) is 4.79 Å². The average molecular weight is 309 g/mol. The molecule has 1 saturated carbocycles. The summed E-state index contributed by atoms with van der Waals surface area (Å²) in [6.07, 6.45) is 1.62. The Kier molecular flexibility index (Phi) is 2.66. The van der Waals surface area contributed by atoms with Gasteiger partial charge in [0, 0.05) is 4.47 Å². The fourth-order valence-corrected chi connectivity index (χ4v) is 2.50. The molecule has 0 spiro atoms. The van der Waals surface area contributed by atoms with Crippen LogP contribution in [0.3, 0.4) is 0 Å². The van der Waals surface area contributed by atoms with E-state index < -0.39 is 5.41 Å². The van der Waals surface area contributed by atoms with Gasteiger partial charge in [-0.1, -0.05) is 15.9 Å². The topological polar surface area (TPSA) is 55.0 Å². The molecule has 0 radical (unpaired) electrons. The van der Waals surface area contributed by atoms with Gasteiger partial charge < -0.3 is 9.72 Å². The fraction of sp³-hybridized carbons (Fsp3) is 0.385. The maximum Gasteiger partial charge on any atom is 0.319 e. The Morgan fingerprint density at radius 1 is 1.56 bits per heavy atom. The molecule has 1 fully saturated rings. The van der Waals surface area contributed by atoms with Crippen LogP contribution in [0.5, 0.6) is 0 Å². The molecular weight excluding hydrogens is 296 g/mol. The van der Waals surface area contributed by atoms with Crippen molar-refractivity contribution in [1.82, 2.24) is 9.97 Å². The normalized spacial score (nSPS) is 16.8. The quantitative estimate of drug-likeness (QED) is 0.887. The molecule has 0 atom stereocenters. The number of halogens is 1. The molecule has 0 unspecified atom stereocenters. The highest BCUT2D eigenvalue weighted by Gasteiger charge is 2.55. The van der Waals surface area contributed by atoms with E-state index in [1.807, 2.05) is 25.1 Å². The van der Waals surface area contributed by atoms with Crippen LogP contribution in [-0.2, 0) is 14.9 Å². The van der Waals surface area contributed by atoms with Gasteiger partial charge in [0.25, 0.3) is 0 Å². The molecule has 0 aliphatic heterocycles. The van der Waals surface area contributed by atoms with Gasteiger partial charge in [-0.2, -0.15) is 0 Å². The third kappa shape index (κ3) is 1.73. The summed E-state index contributed by atoms with van der Waals surface area (Å²) in [4.78, 5) is 19.7. The Morgan fingerprint density at radius 2 is 2.33 bits per heavy atom. The van der Waals surface area contributed by atoms with Crippen molar-refractivity contribution in [3.63, 3.8) is 0 Å². The SMILES string of the molecule is CCOC(=O)C1(c2nc3ccc(Br)cc3[nH]2)CC1. The van der Waals surface area contributed by atoms with Crippen molar-refractivity contribution >= 4 is 32.9 Å². The lowest BCUT2D eigenvalue weighted by atomic mass is 10.1. The van der Waals surface area contributed by atoms with Crippen molar-refractivity contribution in [3.8, 4) is 0 Å². The molecule has 1 N–H and O–H groups in total. The number of rotatable bonds is 3. The molecule has 2 aromatic rings. The summed E-state index contributed by atoms with van der Waals surface area (Å²) in [7, 11) is 0. The van der Waals surface area contributed by atoms with Gasteiger partial charge in [-0.25, -0.2) is 4.98 Å². The number of carbonyl (C=O) groups excluding carboxylic acids is 1. The molecule has 1 aromatic carbocycles. The van der Waals surface area contributed by atoms with Crippen LogP contribution in [0.1, 0.15) is 25.6 Å². The Morgan fingerprint density at radius 3 is 3.00 bits per heavy atom. The molecule has 0 bridgehead atoms. The number of ether oxygens (including phenoxy) is 1. The molecule has 1 aliphatic carbocycles. The molecule has 1 aliphatic rings. The van der Waals surface area contributed by atoms with E-state index in [-0.39, 0.29) is 5.97 Å². The van der Waals surface area contributed by atoms with E-state index in [2.05, 4.69) is 25.9 Å². The predicted molar refractivity (Wildman–Crippen MR) is 71.3 cm³/mol. The van der Waals surface area contributed by atoms with E-state index in [1.165, 1.54) is 0 Å². The minimum Gasteiger partial charge on any atom is -0.465 e. The number of aromatic amines is 1. The number of carbonyl (C=O) groups is 1. The summed E-state index contributed by atoms with van der Waals surface area (Å²) >= 11 is 3.42. The van der Waals surface area contributed by atoms with Gasteiger partial charge in [0.2, 0.25) is 0 Å². The van der Waals surface area contributed by atoms with E-state index in [0.29, 0.717) is 6.61 Å². The number of fused-ring (bicyclic) bond motifs is 1. The maximum absolute atomic E-state index is 12.0. The zero-order chi connectivity index (χ0) is 12.8. The van der Waals surface area contributed by atoms with E-state index >= 15 is 0 Å². The Labute approximate surface area is 113 Å². The van der Waals surface area contributed by atoms with E-state index in [9.17, 15) is 4.79 Å². The Hall–Kier alpha value is -1.36. The number of nitrogens with one attached hydrogen (secondary N) is 1. The van der Waals surface area contributed by atoms with Crippen molar-refractivity contribution in [2.75, 3.05) is 6.61 Å². The van der Waals surface area contributed by atoms with E-state index in [0.717, 1.165) is 34.2 Å². The molecule has 1 heterocycles. The highest BCUT2D eigenvalue weighted by molar-refractivity contribution is 9.10. The van der Waals surface area contributed by atoms with E-state index in [4.69, 9.17) is 4.74 Å². The summed E-state index contributed by atoms with van der Waals surface area (Å²) in [5.41, 5.74) is 1.29. The third-order valence-electron chi connectivity index (χ3n) is 3.31. The number of nitrogens with zero attached hydrogens (tertiary/aromatic N) is 1. The van der Waals surface area contributed by atoms with Crippen molar-refractivity contribution in [3.05, 3.63) is 28.5 Å². The molecule has 5 heteroatoms. The average Bonchev–Trinajstić information content (AvgIpc) is 3.05. The van der Waals surface area contributed by atoms with Crippen LogP contribution in [0.25, 0.3) is 11.0 Å². The van der Waals surface area contributed by atoms with Gasteiger partial charge in [0.15, 0.2) is 0 Å². The summed E-state index contributed by atoms with van der Waals surface area (Å²) in [6, 6.07) is 5.84. The number of hydrogen-bond acceptors (Lipinski definition) is 3. The van der Waals surface area contributed by atoms with Gasteiger partial charge >= 0.3 is 5.97 Å². The highest BCUT2D eigenvalue weighted by Crippen LogP contribution is 2.48. The molecule has 0 saturated heterocycles. The zero-order valence-electron chi connectivity index (χ0n) is 10.00. The lowest BCUT2D eigenvalue weighted by Gasteiger charge is -2.10. The lowest BCUT2D eigenvalue weighted by molar-refractivity contribution is -0.146. The third-order valence-corrected chi connectivity index (χ3v) is 3.81. The minimum atomic E-state index is -0.526. The first-order valence-corrected chi connectivity index (χ1v) is 6.78. The fourth-order valence-electron chi connectivity index (χ4n) is 2.14. The highest BCUT2D eigenvalue weighted by atomic mass is 79.9. The number of benzene rings is 1. The van der Waals surface area contributed by atoms with Gasteiger partial charge in [-0.05, 0) is 38.0 Å². The van der Waals surface area contributed by atoms with Gasteiger partial charge in [-0.15, -0.1) is 0 Å². The zero-order valence-corrected chi connectivity index (χ0v) is 11.6. The summed E-state index contributed by atoms with van der Waals surface area (Å²) in [6.45, 7) is 2.23. The van der Waals surface area contributed by atoms with Crippen molar-refractivity contribution in [2.45, 2.75) is 25.2 Å². The summed E-state index contributed by atoms with van der Waals surface area (Å²) < 4.78 is 6.13. The smallest absolute Gasteiger partial charge is 0.319 e. The van der Waals surface area contributed by atoms with Crippen LogP contribution in [0.2, 0.25) is 0 Å². The van der Waals surface area contributed by atoms with Gasteiger partial charge in [0.1, 0.15) is 11.2 Å². The largest absolute Gasteiger partial charge is 0.465 e. The summed E-state index contributed by atoms with van der Waals surface area (Å²) in [5.74, 6) is 0.567. The standard InChI is InChI=1S/C13H13BrN2O2/c1-2-18-12(17)13(5-6-13)11-15-9-4-3-8(14)7-10(9)16-11/h3-4,7H,2,5-6H2,1H3,(H,15,16). The number of H-pyrrole nitrogens is 1. The van der Waals surface area contributed by atoms with Crippen molar-refractivity contribution < 1.29 is 9.53 Å². The van der Waals surface area contributed by atoms with Crippen LogP contribution < -0.4 is 0 Å². The number of hydrogen-bond donors (Lipinski definition) is 1. The van der Waals surface area contributed by atoms with Gasteiger partial charge in [0.05, 0.1) is 17.6 Å². The van der Waals surface area contributed by atoms with Crippen molar-refractivity contribution in [2.24, 2.45) is 0 Å². The minimum absolute atomic E-state index is 0.164. The van der Waals surface area contributed by atoms with Crippen LogP contribution >= 0.6 is 15.9 Å². The van der Waals surface area contributed by atoms with Crippen LogP contribution in [0.4, 0.5) is 0 Å². The molecule has 0 amide bonds. The molecule has 94 valence electrons. The van der Waals surface area contributed by atoms with Crippen molar-refractivity contribution in [1.29, 1.82) is 0 Å². The Balaban J connectivity index is 2.02. The second kappa shape index (κ2) is 4.09. The predicted octanol–water partition coefficient (Wildman–Crippen LogP) is 2.92. The Bertz CT molecular complexity index is 616. The monoisotopic (exact) mass is 308 g/mol. The lowest BCUT2D eigenvalue weighted by Crippen LogP contribution is -2.24. The molecule has 3 rings (SSSR count). The first-order chi connectivity index (χ1) is 8.65. The molecule has 4 nitrogen and oxygen atoms in total. The second-order valence-corrected chi connectivity index (χ2v) is 5.47. The van der Waals surface area contributed by atoms with E-state index in [1.54, 1.807) is 0 Å². The van der Waals surface area contributed by atoms with Crippen LogP contribution in [-0.4, -0.2) is 22.5 Å². The molecule has 1 aromatic heterocycles. The molecular formula is C13H13BrN2O2. The van der Waals surface area contributed by atoms with Crippen LogP contribution in [0, 0.1) is 0 Å². The second-order valence-electron chi connectivity index (χ2n) is 4.55. The number of esters is 1.